The van der Waals surface area contributed by atoms with E-state index in [9.17, 15) is 4.79 Å². The molecule has 96 valence electrons. The predicted octanol–water partition coefficient (Wildman–Crippen LogP) is 1.67. The Bertz CT molecular complexity index is 204. The molecule has 1 aliphatic heterocycles. The van der Waals surface area contributed by atoms with Gasteiger partial charge in [0.25, 0.3) is 0 Å². The van der Waals surface area contributed by atoms with Crippen LogP contribution in [-0.4, -0.2) is 37.0 Å². The Labute approximate surface area is 109 Å². The van der Waals surface area contributed by atoms with Gasteiger partial charge in [0.1, 0.15) is 0 Å². The zero-order valence-corrected chi connectivity index (χ0v) is 11.8. The van der Waals surface area contributed by atoms with Crippen molar-refractivity contribution in [1.82, 2.24) is 10.6 Å². The van der Waals surface area contributed by atoms with E-state index in [-0.39, 0.29) is 24.2 Å². The Hall–Kier alpha value is 0.0700. The maximum absolute atomic E-state index is 11.8. The van der Waals surface area contributed by atoms with Crippen LogP contribution >= 0.6 is 24.2 Å². The van der Waals surface area contributed by atoms with Gasteiger partial charge in [-0.05, 0) is 44.7 Å². The van der Waals surface area contributed by atoms with Crippen molar-refractivity contribution < 1.29 is 4.79 Å². The van der Waals surface area contributed by atoms with Crippen LogP contribution in [0.4, 0.5) is 0 Å². The number of nitrogens with one attached hydrogen (secondary N) is 2. The Morgan fingerprint density at radius 3 is 2.94 bits per heavy atom. The summed E-state index contributed by atoms with van der Waals surface area (Å²) in [7, 11) is 0. The fraction of sp³-hybridized carbons (Fsp3) is 0.909. The molecule has 0 saturated carbocycles. The molecule has 0 aromatic carbocycles. The van der Waals surface area contributed by atoms with Crippen molar-refractivity contribution in [3.63, 3.8) is 0 Å². The maximum atomic E-state index is 11.8. The molecule has 0 aromatic heterocycles. The third-order valence-electron chi connectivity index (χ3n) is 2.82. The van der Waals surface area contributed by atoms with E-state index in [1.54, 1.807) is 0 Å². The van der Waals surface area contributed by atoms with E-state index < -0.39 is 0 Å². The van der Waals surface area contributed by atoms with Gasteiger partial charge in [-0.3, -0.25) is 4.79 Å². The van der Waals surface area contributed by atoms with Gasteiger partial charge in [-0.1, -0.05) is 0 Å². The van der Waals surface area contributed by atoms with Crippen LogP contribution in [0.5, 0.6) is 0 Å². The van der Waals surface area contributed by atoms with E-state index in [1.807, 2.05) is 11.8 Å². The van der Waals surface area contributed by atoms with Gasteiger partial charge in [-0.15, -0.1) is 12.4 Å². The Morgan fingerprint density at radius 2 is 2.31 bits per heavy atom. The average Bonchev–Trinajstić information content (AvgIpc) is 2.24. The molecule has 0 unspecified atom stereocenters. The SMILES string of the molecule is CSCCCNC(=O)[C@H]1CCN[C@@H](C)C1.Cl. The van der Waals surface area contributed by atoms with E-state index in [4.69, 9.17) is 0 Å². The Balaban J connectivity index is 0.00000225. The summed E-state index contributed by atoms with van der Waals surface area (Å²) < 4.78 is 0. The fourth-order valence-corrected chi connectivity index (χ4v) is 2.38. The largest absolute Gasteiger partial charge is 0.356 e. The van der Waals surface area contributed by atoms with E-state index in [0.29, 0.717) is 6.04 Å². The lowest BCUT2D eigenvalue weighted by atomic mass is 9.92. The molecule has 2 atom stereocenters. The summed E-state index contributed by atoms with van der Waals surface area (Å²) in [6.45, 7) is 3.95. The van der Waals surface area contributed by atoms with Crippen molar-refractivity contribution >= 4 is 30.1 Å². The molecule has 0 bridgehead atoms. The number of amides is 1. The highest BCUT2D eigenvalue weighted by Crippen LogP contribution is 2.15. The first kappa shape index (κ1) is 16.1. The first-order valence-corrected chi connectivity index (χ1v) is 7.13. The third kappa shape index (κ3) is 5.97. The van der Waals surface area contributed by atoms with Crippen molar-refractivity contribution in [3.05, 3.63) is 0 Å². The number of hydrogen-bond acceptors (Lipinski definition) is 3. The number of carbonyl (C=O) groups is 1. The van der Waals surface area contributed by atoms with Crippen LogP contribution < -0.4 is 10.6 Å². The molecule has 16 heavy (non-hydrogen) atoms. The second kappa shape index (κ2) is 9.14. The number of carbonyl (C=O) groups excluding carboxylic acids is 1. The topological polar surface area (TPSA) is 41.1 Å². The molecule has 1 amide bonds. The molecule has 1 aliphatic rings. The lowest BCUT2D eigenvalue weighted by molar-refractivity contribution is -0.126. The summed E-state index contributed by atoms with van der Waals surface area (Å²) in [6, 6.07) is 0.487. The molecule has 0 spiro atoms. The molecule has 0 aromatic rings. The van der Waals surface area contributed by atoms with Crippen LogP contribution in [-0.2, 0) is 4.79 Å². The van der Waals surface area contributed by atoms with Crippen molar-refractivity contribution in [3.8, 4) is 0 Å². The van der Waals surface area contributed by atoms with Gasteiger partial charge in [0.2, 0.25) is 5.91 Å². The lowest BCUT2D eigenvalue weighted by Gasteiger charge is -2.27. The molecular weight excluding hydrogens is 244 g/mol. The van der Waals surface area contributed by atoms with Crippen molar-refractivity contribution in [2.24, 2.45) is 5.92 Å². The fourth-order valence-electron chi connectivity index (χ4n) is 1.94. The Morgan fingerprint density at radius 1 is 1.56 bits per heavy atom. The number of thioether (sulfide) groups is 1. The van der Waals surface area contributed by atoms with Crippen LogP contribution in [0.25, 0.3) is 0 Å². The second-order valence-electron chi connectivity index (χ2n) is 4.21. The molecule has 1 saturated heterocycles. The van der Waals surface area contributed by atoms with Gasteiger partial charge in [0.15, 0.2) is 0 Å². The van der Waals surface area contributed by atoms with E-state index in [2.05, 4.69) is 23.8 Å². The summed E-state index contributed by atoms with van der Waals surface area (Å²) in [5.74, 6) is 1.61. The van der Waals surface area contributed by atoms with Gasteiger partial charge in [-0.25, -0.2) is 0 Å². The highest BCUT2D eigenvalue weighted by atomic mass is 35.5. The molecule has 1 fully saturated rings. The van der Waals surface area contributed by atoms with Gasteiger partial charge in [0.05, 0.1) is 0 Å². The average molecular weight is 267 g/mol. The minimum absolute atomic E-state index is 0. The lowest BCUT2D eigenvalue weighted by Crippen LogP contribution is -2.42. The van der Waals surface area contributed by atoms with Gasteiger partial charge >= 0.3 is 0 Å². The number of piperidine rings is 1. The van der Waals surface area contributed by atoms with Crippen LogP contribution in [0, 0.1) is 5.92 Å². The molecule has 2 N–H and O–H groups in total. The zero-order chi connectivity index (χ0) is 11.1. The highest BCUT2D eigenvalue weighted by Gasteiger charge is 2.23. The smallest absolute Gasteiger partial charge is 0.223 e. The van der Waals surface area contributed by atoms with Gasteiger partial charge < -0.3 is 10.6 Å². The molecule has 0 aliphatic carbocycles. The molecule has 5 heteroatoms. The highest BCUT2D eigenvalue weighted by molar-refractivity contribution is 7.98. The van der Waals surface area contributed by atoms with Crippen LogP contribution in [0.2, 0.25) is 0 Å². The summed E-state index contributed by atoms with van der Waals surface area (Å²) >= 11 is 1.83. The van der Waals surface area contributed by atoms with Crippen molar-refractivity contribution in [1.29, 1.82) is 0 Å². The van der Waals surface area contributed by atoms with E-state index >= 15 is 0 Å². The minimum Gasteiger partial charge on any atom is -0.356 e. The van der Waals surface area contributed by atoms with E-state index in [0.717, 1.165) is 38.1 Å². The maximum Gasteiger partial charge on any atom is 0.223 e. The molecule has 1 heterocycles. The molecule has 1 rings (SSSR count). The molecule has 3 nitrogen and oxygen atoms in total. The van der Waals surface area contributed by atoms with Crippen LogP contribution in [0.15, 0.2) is 0 Å². The first-order valence-electron chi connectivity index (χ1n) is 5.74. The van der Waals surface area contributed by atoms with Crippen LogP contribution in [0.3, 0.4) is 0 Å². The van der Waals surface area contributed by atoms with Gasteiger partial charge in [0, 0.05) is 18.5 Å². The van der Waals surface area contributed by atoms with Crippen molar-refractivity contribution in [2.45, 2.75) is 32.2 Å². The summed E-state index contributed by atoms with van der Waals surface area (Å²) in [6.07, 6.45) is 5.14. The summed E-state index contributed by atoms with van der Waals surface area (Å²) in [5.41, 5.74) is 0. The van der Waals surface area contributed by atoms with Crippen molar-refractivity contribution in [2.75, 3.05) is 25.1 Å². The molecular formula is C11H23ClN2OS. The normalized spacial score (nSPS) is 24.6. The monoisotopic (exact) mass is 266 g/mol. The van der Waals surface area contributed by atoms with Gasteiger partial charge in [-0.2, -0.15) is 11.8 Å². The molecule has 0 radical (unpaired) electrons. The quantitative estimate of drug-likeness (QED) is 0.744. The minimum atomic E-state index is 0. The second-order valence-corrected chi connectivity index (χ2v) is 5.20. The predicted molar refractivity (Wildman–Crippen MR) is 73.4 cm³/mol. The van der Waals surface area contributed by atoms with Crippen LogP contribution in [0.1, 0.15) is 26.2 Å². The third-order valence-corrected chi connectivity index (χ3v) is 3.52. The summed E-state index contributed by atoms with van der Waals surface area (Å²) in [4.78, 5) is 11.8. The van der Waals surface area contributed by atoms with E-state index in [1.165, 1.54) is 0 Å². The first-order chi connectivity index (χ1) is 7.24. The number of rotatable bonds is 5. The summed E-state index contributed by atoms with van der Waals surface area (Å²) in [5, 5.41) is 6.39. The zero-order valence-electron chi connectivity index (χ0n) is 10.1. The number of hydrogen-bond donors (Lipinski definition) is 2. The standard InChI is InChI=1S/C11H22N2OS.ClH/c1-9-8-10(4-6-12-9)11(14)13-5-3-7-15-2;/h9-10,12H,3-8H2,1-2H3,(H,13,14);1H/t9-,10-;/m0./s1. The Kier molecular flexibility index (Phi) is 9.18. The number of halogens is 1.